The van der Waals surface area contributed by atoms with Crippen molar-refractivity contribution in [2.45, 2.75) is 70.8 Å². The van der Waals surface area contributed by atoms with Gasteiger partial charge in [0, 0.05) is 6.42 Å². The van der Waals surface area contributed by atoms with Crippen LogP contribution < -0.4 is 0 Å². The molecule has 0 aliphatic carbocycles. The maximum Gasteiger partial charge on any atom is 0.303 e. The van der Waals surface area contributed by atoms with Gasteiger partial charge in [0.2, 0.25) is 0 Å². The number of hydrogen-bond donors (Lipinski definition) is 2. The Morgan fingerprint density at radius 1 is 1.07 bits per heavy atom. The van der Waals surface area contributed by atoms with E-state index in [2.05, 4.69) is 6.92 Å². The van der Waals surface area contributed by atoms with Crippen LogP contribution in [0, 0.1) is 0 Å². The summed E-state index contributed by atoms with van der Waals surface area (Å²) < 4.78 is 0. The Morgan fingerprint density at radius 2 is 1.67 bits per heavy atom. The van der Waals surface area contributed by atoms with E-state index in [9.17, 15) is 9.90 Å². The van der Waals surface area contributed by atoms with Gasteiger partial charge in [-0.3, -0.25) is 4.79 Å². The topological polar surface area (TPSA) is 57.5 Å². The minimum atomic E-state index is -0.743. The second-order valence-corrected chi connectivity index (χ2v) is 4.14. The van der Waals surface area contributed by atoms with E-state index in [0.717, 1.165) is 25.7 Å². The van der Waals surface area contributed by atoms with Crippen molar-refractivity contribution in [3.8, 4) is 0 Å². The number of aliphatic hydroxyl groups is 1. The highest BCUT2D eigenvalue weighted by Crippen LogP contribution is 2.11. The van der Waals surface area contributed by atoms with Crippen molar-refractivity contribution in [3.05, 3.63) is 0 Å². The number of rotatable bonds is 10. The van der Waals surface area contributed by atoms with Crippen molar-refractivity contribution in [1.82, 2.24) is 0 Å². The second-order valence-electron chi connectivity index (χ2n) is 4.14. The molecule has 0 rings (SSSR count). The molecule has 0 bridgehead atoms. The first-order chi connectivity index (χ1) is 7.16. The van der Waals surface area contributed by atoms with Crippen LogP contribution in [0.1, 0.15) is 64.7 Å². The molecule has 90 valence electrons. The van der Waals surface area contributed by atoms with Crippen LogP contribution in [-0.2, 0) is 4.79 Å². The molecule has 0 fully saturated rings. The molecule has 3 heteroatoms. The number of carboxylic acids is 1. The van der Waals surface area contributed by atoms with Crippen LogP contribution in [-0.4, -0.2) is 22.3 Å². The number of aliphatic carboxylic acids is 1. The fourth-order valence-electron chi connectivity index (χ4n) is 1.61. The first-order valence-electron chi connectivity index (χ1n) is 6.06. The minimum absolute atomic E-state index is 0.225. The standard InChI is InChI=1S/C12H24O3/c1-2-3-4-5-8-11(13)9-6-7-10-12(14)15/h11,13H,2-10H2,1H3,(H,14,15)/t11-/m0/s1. The Balaban J connectivity index is 3.18. The summed E-state index contributed by atoms with van der Waals surface area (Å²) in [5, 5.41) is 18.0. The fourth-order valence-corrected chi connectivity index (χ4v) is 1.61. The van der Waals surface area contributed by atoms with E-state index in [1.165, 1.54) is 19.3 Å². The molecule has 0 aliphatic heterocycles. The van der Waals surface area contributed by atoms with Crippen molar-refractivity contribution in [2.75, 3.05) is 0 Å². The van der Waals surface area contributed by atoms with Gasteiger partial charge in [-0.2, -0.15) is 0 Å². The van der Waals surface area contributed by atoms with Crippen LogP contribution in [0.15, 0.2) is 0 Å². The van der Waals surface area contributed by atoms with E-state index in [0.29, 0.717) is 6.42 Å². The second kappa shape index (κ2) is 9.97. The molecule has 1 atom stereocenters. The third kappa shape index (κ3) is 11.4. The van der Waals surface area contributed by atoms with Crippen LogP contribution in [0.5, 0.6) is 0 Å². The van der Waals surface area contributed by atoms with Gasteiger partial charge in [-0.25, -0.2) is 0 Å². The summed E-state index contributed by atoms with van der Waals surface area (Å²) in [6, 6.07) is 0. The van der Waals surface area contributed by atoms with Gasteiger partial charge in [-0.1, -0.05) is 39.0 Å². The monoisotopic (exact) mass is 216 g/mol. The van der Waals surface area contributed by atoms with Gasteiger partial charge < -0.3 is 10.2 Å². The summed E-state index contributed by atoms with van der Waals surface area (Å²) in [5.41, 5.74) is 0. The van der Waals surface area contributed by atoms with E-state index < -0.39 is 5.97 Å². The summed E-state index contributed by atoms with van der Waals surface area (Å²) in [6.07, 6.45) is 7.87. The molecule has 0 aromatic carbocycles. The molecule has 0 unspecified atom stereocenters. The van der Waals surface area contributed by atoms with Gasteiger partial charge in [-0.05, 0) is 19.3 Å². The van der Waals surface area contributed by atoms with E-state index in [1.54, 1.807) is 0 Å². The van der Waals surface area contributed by atoms with Crippen molar-refractivity contribution in [3.63, 3.8) is 0 Å². The van der Waals surface area contributed by atoms with Crippen LogP contribution in [0.4, 0.5) is 0 Å². The molecule has 15 heavy (non-hydrogen) atoms. The summed E-state index contributed by atoms with van der Waals surface area (Å²) in [6.45, 7) is 2.17. The molecule has 0 saturated heterocycles. The Labute approximate surface area is 92.5 Å². The molecule has 0 heterocycles. The zero-order valence-corrected chi connectivity index (χ0v) is 9.74. The molecular weight excluding hydrogens is 192 g/mol. The molecule has 0 amide bonds. The SMILES string of the molecule is CCCCCC[C@H](O)CCCCC(=O)O. The average molecular weight is 216 g/mol. The molecular formula is C12H24O3. The lowest BCUT2D eigenvalue weighted by atomic mass is 10.0. The smallest absolute Gasteiger partial charge is 0.303 e. The maximum atomic E-state index is 10.2. The van der Waals surface area contributed by atoms with E-state index >= 15 is 0 Å². The Bertz CT molecular complexity index is 157. The maximum absolute atomic E-state index is 10.2. The number of unbranched alkanes of at least 4 members (excludes halogenated alkanes) is 4. The fraction of sp³-hybridized carbons (Fsp3) is 0.917. The number of carbonyl (C=O) groups is 1. The van der Waals surface area contributed by atoms with Gasteiger partial charge in [0.15, 0.2) is 0 Å². The Kier molecular flexibility index (Phi) is 9.59. The van der Waals surface area contributed by atoms with Gasteiger partial charge >= 0.3 is 5.97 Å². The highest BCUT2D eigenvalue weighted by molar-refractivity contribution is 5.66. The van der Waals surface area contributed by atoms with Gasteiger partial charge in [0.05, 0.1) is 6.10 Å². The highest BCUT2D eigenvalue weighted by atomic mass is 16.4. The van der Waals surface area contributed by atoms with Crippen molar-refractivity contribution in [2.24, 2.45) is 0 Å². The third-order valence-corrected chi connectivity index (χ3v) is 2.57. The molecule has 2 N–H and O–H groups in total. The molecule has 0 aromatic rings. The number of aliphatic hydroxyl groups excluding tert-OH is 1. The molecule has 3 nitrogen and oxygen atoms in total. The molecule has 0 aromatic heterocycles. The normalized spacial score (nSPS) is 12.7. The minimum Gasteiger partial charge on any atom is -0.481 e. The van der Waals surface area contributed by atoms with Crippen molar-refractivity contribution in [1.29, 1.82) is 0 Å². The summed E-state index contributed by atoms with van der Waals surface area (Å²) >= 11 is 0. The number of carboxylic acid groups (broad SMARTS) is 1. The summed E-state index contributed by atoms with van der Waals surface area (Å²) in [4.78, 5) is 10.2. The largest absolute Gasteiger partial charge is 0.481 e. The van der Waals surface area contributed by atoms with Gasteiger partial charge in [0.1, 0.15) is 0 Å². The average Bonchev–Trinajstić information content (AvgIpc) is 2.19. The molecule has 0 radical (unpaired) electrons. The first kappa shape index (κ1) is 14.4. The van der Waals surface area contributed by atoms with Gasteiger partial charge in [0.25, 0.3) is 0 Å². The molecule has 0 spiro atoms. The van der Waals surface area contributed by atoms with E-state index in [4.69, 9.17) is 5.11 Å². The van der Waals surface area contributed by atoms with Gasteiger partial charge in [-0.15, -0.1) is 0 Å². The van der Waals surface area contributed by atoms with Crippen molar-refractivity contribution >= 4 is 5.97 Å². The van der Waals surface area contributed by atoms with E-state index in [-0.39, 0.29) is 12.5 Å². The van der Waals surface area contributed by atoms with Crippen molar-refractivity contribution < 1.29 is 15.0 Å². The quantitative estimate of drug-likeness (QED) is 0.552. The molecule has 0 saturated carbocycles. The summed E-state index contributed by atoms with van der Waals surface area (Å²) in [7, 11) is 0. The van der Waals surface area contributed by atoms with Crippen LogP contribution >= 0.6 is 0 Å². The lowest BCUT2D eigenvalue weighted by Gasteiger charge is -2.09. The predicted molar refractivity (Wildman–Crippen MR) is 60.9 cm³/mol. The highest BCUT2D eigenvalue weighted by Gasteiger charge is 2.04. The summed E-state index contributed by atoms with van der Waals surface area (Å²) in [5.74, 6) is -0.743. The zero-order valence-electron chi connectivity index (χ0n) is 9.74. The lowest BCUT2D eigenvalue weighted by Crippen LogP contribution is -2.06. The Morgan fingerprint density at radius 3 is 2.20 bits per heavy atom. The van der Waals surface area contributed by atoms with Crippen LogP contribution in [0.25, 0.3) is 0 Å². The number of hydrogen-bond acceptors (Lipinski definition) is 2. The predicted octanol–water partition coefficient (Wildman–Crippen LogP) is 2.96. The van der Waals surface area contributed by atoms with Crippen LogP contribution in [0.3, 0.4) is 0 Å². The zero-order chi connectivity index (χ0) is 11.5. The van der Waals surface area contributed by atoms with E-state index in [1.807, 2.05) is 0 Å². The first-order valence-corrected chi connectivity index (χ1v) is 6.06. The molecule has 0 aliphatic rings. The Hall–Kier alpha value is -0.570. The third-order valence-electron chi connectivity index (χ3n) is 2.57. The van der Waals surface area contributed by atoms with Crippen LogP contribution in [0.2, 0.25) is 0 Å². The lowest BCUT2D eigenvalue weighted by molar-refractivity contribution is -0.137.